The van der Waals surface area contributed by atoms with Crippen molar-refractivity contribution in [2.24, 2.45) is 5.92 Å². The van der Waals surface area contributed by atoms with E-state index in [1.54, 1.807) is 0 Å². The number of hydrogen-bond acceptors (Lipinski definition) is 4. The van der Waals surface area contributed by atoms with E-state index in [0.29, 0.717) is 11.7 Å². The monoisotopic (exact) mass is 347 g/mol. The van der Waals surface area contributed by atoms with Crippen LogP contribution in [0.2, 0.25) is 0 Å². The first kappa shape index (κ1) is 17.0. The van der Waals surface area contributed by atoms with Crippen LogP contribution in [-0.2, 0) is 13.0 Å². The van der Waals surface area contributed by atoms with E-state index >= 15 is 0 Å². The van der Waals surface area contributed by atoms with Crippen LogP contribution >= 0.6 is 0 Å². The molecule has 1 aliphatic heterocycles. The fourth-order valence-electron chi connectivity index (χ4n) is 3.63. The zero-order valence-electron chi connectivity index (χ0n) is 15.3. The van der Waals surface area contributed by atoms with Crippen molar-refractivity contribution in [2.75, 3.05) is 13.1 Å². The van der Waals surface area contributed by atoms with Crippen LogP contribution in [0.3, 0.4) is 0 Å². The normalized spacial score (nSPS) is 16.0. The van der Waals surface area contributed by atoms with Gasteiger partial charge in [0.05, 0.1) is 6.54 Å². The molecule has 0 unspecified atom stereocenters. The van der Waals surface area contributed by atoms with Crippen LogP contribution in [0.1, 0.15) is 29.9 Å². The molecule has 0 atom stereocenters. The van der Waals surface area contributed by atoms with Crippen molar-refractivity contribution in [3.05, 3.63) is 71.6 Å². The minimum atomic E-state index is 0.680. The number of hydrogen-bond donors (Lipinski definition) is 0. The summed E-state index contributed by atoms with van der Waals surface area (Å²) in [6.07, 6.45) is 3.65. The summed E-state index contributed by atoms with van der Waals surface area (Å²) in [7, 11) is 0. The van der Waals surface area contributed by atoms with Crippen molar-refractivity contribution in [2.45, 2.75) is 32.7 Å². The summed E-state index contributed by atoms with van der Waals surface area (Å²) in [6.45, 7) is 5.02. The van der Waals surface area contributed by atoms with Gasteiger partial charge < -0.3 is 4.52 Å². The molecule has 4 nitrogen and oxygen atoms in total. The maximum atomic E-state index is 5.47. The molecule has 0 radical (unpaired) electrons. The van der Waals surface area contributed by atoms with Gasteiger partial charge in [-0.15, -0.1) is 0 Å². The second-order valence-electron chi connectivity index (χ2n) is 7.29. The third kappa shape index (κ3) is 4.20. The van der Waals surface area contributed by atoms with Crippen LogP contribution in [0, 0.1) is 12.8 Å². The lowest BCUT2D eigenvalue weighted by Crippen LogP contribution is -2.33. The Labute approximate surface area is 154 Å². The highest BCUT2D eigenvalue weighted by molar-refractivity contribution is 5.54. The molecule has 1 saturated heterocycles. The summed E-state index contributed by atoms with van der Waals surface area (Å²) in [5.41, 5.74) is 3.69. The number of aromatic nitrogens is 2. The van der Waals surface area contributed by atoms with Gasteiger partial charge in [-0.2, -0.15) is 4.98 Å². The molecule has 4 heteroatoms. The van der Waals surface area contributed by atoms with Gasteiger partial charge in [0.2, 0.25) is 11.7 Å². The van der Waals surface area contributed by atoms with Crippen molar-refractivity contribution in [1.82, 2.24) is 15.0 Å². The summed E-state index contributed by atoms with van der Waals surface area (Å²) in [6, 6.07) is 19.0. The molecule has 1 fully saturated rings. The predicted octanol–water partition coefficient (Wildman–Crippen LogP) is 4.50. The topological polar surface area (TPSA) is 42.2 Å². The van der Waals surface area contributed by atoms with Gasteiger partial charge in [-0.1, -0.05) is 65.3 Å². The molecule has 0 bridgehead atoms. The summed E-state index contributed by atoms with van der Waals surface area (Å²) < 4.78 is 5.47. The van der Waals surface area contributed by atoms with E-state index in [2.05, 4.69) is 64.4 Å². The summed E-state index contributed by atoms with van der Waals surface area (Å²) in [5, 5.41) is 4.14. The lowest BCUT2D eigenvalue weighted by atomic mass is 9.90. The standard InChI is InChI=1S/C22H25N3O/c1-17-7-9-20(10-8-17)22-23-21(26-24-22)16-25-13-11-19(12-14-25)15-18-5-3-2-4-6-18/h2-10,19H,11-16H2,1H3. The first-order chi connectivity index (χ1) is 12.8. The fraction of sp³-hybridized carbons (Fsp3) is 0.364. The van der Waals surface area contributed by atoms with Gasteiger partial charge in [0.1, 0.15) is 0 Å². The van der Waals surface area contributed by atoms with E-state index in [1.807, 2.05) is 12.1 Å². The largest absolute Gasteiger partial charge is 0.338 e. The Bertz CT molecular complexity index is 818. The van der Waals surface area contributed by atoms with E-state index in [-0.39, 0.29) is 0 Å². The van der Waals surface area contributed by atoms with Crippen molar-refractivity contribution in [3.63, 3.8) is 0 Å². The zero-order valence-corrected chi connectivity index (χ0v) is 15.3. The van der Waals surface area contributed by atoms with Crippen molar-refractivity contribution >= 4 is 0 Å². The molecule has 0 saturated carbocycles. The van der Waals surface area contributed by atoms with Crippen molar-refractivity contribution < 1.29 is 4.52 Å². The van der Waals surface area contributed by atoms with E-state index in [1.165, 1.54) is 30.4 Å². The van der Waals surface area contributed by atoms with Gasteiger partial charge in [-0.3, -0.25) is 4.90 Å². The van der Waals surface area contributed by atoms with Crippen LogP contribution in [0.25, 0.3) is 11.4 Å². The van der Waals surface area contributed by atoms with Gasteiger partial charge in [0.15, 0.2) is 0 Å². The predicted molar refractivity (Wildman–Crippen MR) is 103 cm³/mol. The van der Waals surface area contributed by atoms with Crippen LogP contribution in [0.4, 0.5) is 0 Å². The van der Waals surface area contributed by atoms with Gasteiger partial charge in [-0.05, 0) is 50.8 Å². The number of nitrogens with zero attached hydrogens (tertiary/aromatic N) is 3. The highest BCUT2D eigenvalue weighted by Crippen LogP contribution is 2.23. The SMILES string of the molecule is Cc1ccc(-c2noc(CN3CCC(Cc4ccccc4)CC3)n2)cc1. The van der Waals surface area contributed by atoms with Gasteiger partial charge in [0.25, 0.3) is 0 Å². The Balaban J connectivity index is 1.30. The fourth-order valence-corrected chi connectivity index (χ4v) is 3.63. The highest BCUT2D eigenvalue weighted by atomic mass is 16.5. The molecule has 26 heavy (non-hydrogen) atoms. The molecule has 134 valence electrons. The molecular formula is C22H25N3O. The van der Waals surface area contributed by atoms with E-state index in [9.17, 15) is 0 Å². The smallest absolute Gasteiger partial charge is 0.241 e. The second-order valence-corrected chi connectivity index (χ2v) is 7.29. The lowest BCUT2D eigenvalue weighted by Gasteiger charge is -2.31. The third-order valence-electron chi connectivity index (χ3n) is 5.21. The first-order valence-corrected chi connectivity index (χ1v) is 9.42. The molecule has 4 rings (SSSR count). The molecule has 0 aliphatic carbocycles. The molecular weight excluding hydrogens is 322 g/mol. The maximum Gasteiger partial charge on any atom is 0.241 e. The Morgan fingerprint density at radius 3 is 2.46 bits per heavy atom. The number of likely N-dealkylation sites (tertiary alicyclic amines) is 1. The third-order valence-corrected chi connectivity index (χ3v) is 5.21. The van der Waals surface area contributed by atoms with Gasteiger partial charge >= 0.3 is 0 Å². The van der Waals surface area contributed by atoms with Gasteiger partial charge in [0, 0.05) is 5.56 Å². The lowest BCUT2D eigenvalue weighted by molar-refractivity contribution is 0.159. The molecule has 0 N–H and O–H groups in total. The Morgan fingerprint density at radius 1 is 1.00 bits per heavy atom. The van der Waals surface area contributed by atoms with Crippen molar-refractivity contribution in [3.8, 4) is 11.4 Å². The average Bonchev–Trinajstić information content (AvgIpc) is 3.13. The van der Waals surface area contributed by atoms with Crippen LogP contribution in [-0.4, -0.2) is 28.1 Å². The highest BCUT2D eigenvalue weighted by Gasteiger charge is 2.21. The van der Waals surface area contributed by atoms with Crippen LogP contribution in [0.5, 0.6) is 0 Å². The molecule has 0 amide bonds. The molecule has 2 aromatic carbocycles. The molecule has 1 aliphatic rings. The summed E-state index contributed by atoms with van der Waals surface area (Å²) in [4.78, 5) is 7.00. The summed E-state index contributed by atoms with van der Waals surface area (Å²) in [5.74, 6) is 2.17. The molecule has 3 aromatic rings. The quantitative estimate of drug-likeness (QED) is 0.681. The first-order valence-electron chi connectivity index (χ1n) is 9.42. The van der Waals surface area contributed by atoms with Crippen LogP contribution in [0.15, 0.2) is 59.1 Å². The minimum Gasteiger partial charge on any atom is -0.338 e. The number of piperidine rings is 1. The average molecular weight is 347 g/mol. The minimum absolute atomic E-state index is 0.680. The number of benzene rings is 2. The maximum absolute atomic E-state index is 5.47. The van der Waals surface area contributed by atoms with Crippen LogP contribution < -0.4 is 0 Å². The Hall–Kier alpha value is -2.46. The zero-order chi connectivity index (χ0) is 17.8. The number of rotatable bonds is 5. The Kier molecular flexibility index (Phi) is 5.12. The molecule has 0 spiro atoms. The molecule has 1 aromatic heterocycles. The summed E-state index contributed by atoms with van der Waals surface area (Å²) >= 11 is 0. The van der Waals surface area contributed by atoms with Gasteiger partial charge in [-0.25, -0.2) is 0 Å². The van der Waals surface area contributed by atoms with E-state index < -0.39 is 0 Å². The van der Waals surface area contributed by atoms with Crippen molar-refractivity contribution in [1.29, 1.82) is 0 Å². The Morgan fingerprint density at radius 2 is 1.73 bits per heavy atom. The van der Waals surface area contributed by atoms with E-state index in [0.717, 1.165) is 31.1 Å². The van der Waals surface area contributed by atoms with E-state index in [4.69, 9.17) is 4.52 Å². The molecule has 2 heterocycles. The second kappa shape index (κ2) is 7.83. The number of aryl methyl sites for hydroxylation is 1.